The highest BCUT2D eigenvalue weighted by atomic mass is 16.7. The molecule has 3 saturated heterocycles. The number of ketones is 1. The van der Waals surface area contributed by atoms with Crippen LogP contribution in [0.1, 0.15) is 107 Å². The van der Waals surface area contributed by atoms with Gasteiger partial charge in [-0.1, -0.05) is 71.9 Å². The zero-order valence-electron chi connectivity index (χ0n) is 37.4. The van der Waals surface area contributed by atoms with Gasteiger partial charge >= 0.3 is 5.97 Å². The molecule has 15 nitrogen and oxygen atoms in total. The molecular weight excluding hydrogens is 778 g/mol. The van der Waals surface area contributed by atoms with Crippen molar-refractivity contribution in [3.05, 3.63) is 35.9 Å². The molecule has 1 aromatic rings. The highest BCUT2D eigenvalue weighted by Crippen LogP contribution is 2.42. The molecule has 1 amide bonds. The molecule has 342 valence electrons. The monoisotopic (exact) mass is 852 g/mol. The first kappa shape index (κ1) is 50.1. The van der Waals surface area contributed by atoms with Gasteiger partial charge in [0.1, 0.15) is 30.2 Å². The van der Waals surface area contributed by atoms with Crippen LogP contribution in [0.3, 0.4) is 0 Å². The van der Waals surface area contributed by atoms with Gasteiger partial charge < -0.3 is 59.3 Å². The van der Waals surface area contributed by atoms with Crippen LogP contribution in [-0.4, -0.2) is 129 Å². The Balaban J connectivity index is 1.70. The van der Waals surface area contributed by atoms with Crippen LogP contribution >= 0.6 is 0 Å². The average Bonchev–Trinajstić information content (AvgIpc) is 3.17. The number of esters is 1. The third-order valence-electron chi connectivity index (χ3n) is 13.0. The van der Waals surface area contributed by atoms with Crippen molar-refractivity contribution in [3.8, 4) is 0 Å². The van der Waals surface area contributed by atoms with Crippen molar-refractivity contribution < 1.29 is 68.3 Å². The van der Waals surface area contributed by atoms with Crippen molar-refractivity contribution in [2.24, 2.45) is 35.0 Å². The number of aliphatic hydroxyl groups excluding tert-OH is 3. The number of hydrogen-bond acceptors (Lipinski definition) is 14. The summed E-state index contributed by atoms with van der Waals surface area (Å²) in [5.41, 5.74) is -3.76. The van der Waals surface area contributed by atoms with Gasteiger partial charge in [0.15, 0.2) is 12.6 Å². The molecule has 7 unspecified atom stereocenters. The van der Waals surface area contributed by atoms with Crippen LogP contribution in [0.25, 0.3) is 0 Å². The molecule has 17 atom stereocenters. The third kappa shape index (κ3) is 12.3. The van der Waals surface area contributed by atoms with Crippen LogP contribution in [0, 0.1) is 35.0 Å². The van der Waals surface area contributed by atoms with Crippen molar-refractivity contribution in [3.63, 3.8) is 0 Å². The minimum Gasteiger partial charge on any atom is -0.459 e. The molecule has 0 saturated carbocycles. The number of benzene rings is 1. The number of Topliss-reactive ketones (excluding diaryl/α,β-unsaturated/α-hetero) is 1. The van der Waals surface area contributed by atoms with E-state index in [1.54, 1.807) is 27.7 Å². The van der Waals surface area contributed by atoms with Gasteiger partial charge in [0, 0.05) is 37.1 Å². The van der Waals surface area contributed by atoms with Gasteiger partial charge in [-0.15, -0.1) is 0 Å². The first-order valence-electron chi connectivity index (χ1n) is 21.6. The lowest BCUT2D eigenvalue weighted by molar-refractivity contribution is -0.312. The van der Waals surface area contributed by atoms with Crippen LogP contribution < -0.4 is 5.32 Å². The van der Waals surface area contributed by atoms with Gasteiger partial charge in [0.05, 0.1) is 54.7 Å². The van der Waals surface area contributed by atoms with Crippen molar-refractivity contribution in [1.82, 2.24) is 5.32 Å². The lowest BCUT2D eigenvalue weighted by Gasteiger charge is -2.48. The van der Waals surface area contributed by atoms with Crippen molar-refractivity contribution >= 4 is 17.7 Å². The van der Waals surface area contributed by atoms with Gasteiger partial charge in [-0.2, -0.15) is 0 Å². The molecule has 15 heteroatoms. The van der Waals surface area contributed by atoms with Gasteiger partial charge in [0.2, 0.25) is 5.91 Å². The third-order valence-corrected chi connectivity index (χ3v) is 13.0. The maximum atomic E-state index is 14.5. The van der Waals surface area contributed by atoms with Crippen LogP contribution in [0.15, 0.2) is 30.3 Å². The summed E-state index contributed by atoms with van der Waals surface area (Å²) < 4.78 is 37.1. The van der Waals surface area contributed by atoms with Gasteiger partial charge in [0.25, 0.3) is 0 Å². The van der Waals surface area contributed by atoms with E-state index in [0.717, 1.165) is 5.56 Å². The average molecular weight is 852 g/mol. The molecule has 3 aliphatic heterocycles. The molecule has 4 rings (SSSR count). The van der Waals surface area contributed by atoms with Gasteiger partial charge in [-0.25, -0.2) is 0 Å². The zero-order chi connectivity index (χ0) is 44.9. The molecule has 0 bridgehead atoms. The number of amides is 1. The predicted octanol–water partition coefficient (Wildman–Crippen LogP) is 3.43. The summed E-state index contributed by atoms with van der Waals surface area (Å²) in [7, 11) is 0. The summed E-state index contributed by atoms with van der Waals surface area (Å²) in [6, 6.07) is 9.35. The summed E-state index contributed by atoms with van der Waals surface area (Å²) in [4.78, 5) is 41.3. The Labute approximate surface area is 355 Å². The molecular formula is C45H73NO14. The number of hydrogen-bond donors (Lipinski definition) is 6. The second-order valence-electron chi connectivity index (χ2n) is 19.1. The summed E-state index contributed by atoms with van der Waals surface area (Å²) in [6.45, 7) is 18.3. The van der Waals surface area contributed by atoms with Crippen LogP contribution in [0.2, 0.25) is 0 Å². The van der Waals surface area contributed by atoms with E-state index in [9.17, 15) is 39.9 Å². The molecule has 1 aromatic carbocycles. The van der Waals surface area contributed by atoms with Crippen LogP contribution in [0.4, 0.5) is 0 Å². The smallest absolute Gasteiger partial charge is 0.311 e. The Morgan fingerprint density at radius 3 is 2.15 bits per heavy atom. The molecule has 0 aliphatic carbocycles. The molecule has 3 aliphatic rings. The Kier molecular flexibility index (Phi) is 17.3. The highest BCUT2D eigenvalue weighted by Gasteiger charge is 2.53. The summed E-state index contributed by atoms with van der Waals surface area (Å²) in [6.07, 6.45) is -9.88. The van der Waals surface area contributed by atoms with E-state index >= 15 is 0 Å². The standard InChI is InChI=1S/C45H73NO14/c1-24-19-26(3)56-42(36(24)49)60-40-28(5)37(59-34-21-43(8,9)39(51)30(7)57-34)29(6)41(52)58-32(17-18-46-33(47)23-55-22-31-15-13-12-14-16-31)45(11,54)38(50)27(4)35(48)25(2)20-44(40,10)53/h12-16,24-30,32,34,36-40,42,49-51,53-54H,17-23H2,1-11H3,(H,46,47)/t24?,25-,26?,27+,28+,29-,30?,32-,34?,36?,37+,38-,39?,40-,42?,44-,45-/m1/s1. The highest BCUT2D eigenvalue weighted by molar-refractivity contribution is 5.83. The van der Waals surface area contributed by atoms with Gasteiger partial charge in [-0.05, 0) is 64.4 Å². The van der Waals surface area contributed by atoms with E-state index in [0.29, 0.717) is 6.42 Å². The van der Waals surface area contributed by atoms with E-state index in [4.69, 9.17) is 28.4 Å². The Morgan fingerprint density at radius 1 is 0.867 bits per heavy atom. The number of aliphatic hydroxyl groups is 5. The first-order valence-corrected chi connectivity index (χ1v) is 21.6. The maximum Gasteiger partial charge on any atom is 0.311 e. The normalized spacial score (nSPS) is 42.2. The van der Waals surface area contributed by atoms with Gasteiger partial charge in [-0.3, -0.25) is 14.4 Å². The van der Waals surface area contributed by atoms with E-state index < -0.39 is 113 Å². The number of ether oxygens (including phenoxy) is 6. The lowest BCUT2D eigenvalue weighted by atomic mass is 9.74. The Hall–Kier alpha value is -2.57. The second-order valence-corrected chi connectivity index (χ2v) is 19.1. The Morgan fingerprint density at radius 2 is 1.52 bits per heavy atom. The van der Waals surface area contributed by atoms with E-state index in [1.165, 1.54) is 20.8 Å². The lowest BCUT2D eigenvalue weighted by Crippen LogP contribution is -2.59. The topological polar surface area (TPSA) is 220 Å². The van der Waals surface area contributed by atoms with Crippen LogP contribution in [-0.2, 0) is 49.4 Å². The summed E-state index contributed by atoms with van der Waals surface area (Å²) in [5.74, 6) is -6.04. The molecule has 3 fully saturated rings. The largest absolute Gasteiger partial charge is 0.459 e. The Bertz CT molecular complexity index is 1560. The minimum atomic E-state index is -2.19. The number of carbonyl (C=O) groups excluding carboxylic acids is 3. The second kappa shape index (κ2) is 20.7. The molecule has 6 N–H and O–H groups in total. The van der Waals surface area contributed by atoms with Crippen molar-refractivity contribution in [2.75, 3.05) is 13.2 Å². The van der Waals surface area contributed by atoms with E-state index in [-0.39, 0.29) is 51.0 Å². The zero-order valence-corrected chi connectivity index (χ0v) is 37.4. The number of cyclic esters (lactones) is 1. The first-order chi connectivity index (χ1) is 27.9. The molecule has 3 heterocycles. The fourth-order valence-electron chi connectivity index (χ4n) is 9.28. The minimum absolute atomic E-state index is 0.0810. The van der Waals surface area contributed by atoms with Crippen molar-refractivity contribution in [2.45, 2.75) is 181 Å². The van der Waals surface area contributed by atoms with Crippen molar-refractivity contribution in [1.29, 1.82) is 0 Å². The predicted molar refractivity (Wildman–Crippen MR) is 220 cm³/mol. The molecule has 0 spiro atoms. The quantitative estimate of drug-likeness (QED) is 0.176. The molecule has 0 aromatic heterocycles. The maximum absolute atomic E-state index is 14.5. The number of rotatable bonds is 11. The summed E-state index contributed by atoms with van der Waals surface area (Å²) in [5, 5.41) is 61.0. The molecule has 60 heavy (non-hydrogen) atoms. The SMILES string of the molecule is CC1CC(C)C(O)C(O[C@@H]2[C@@H](C)[C@H](OC3CC(C)(C)C(O)C(C)O3)[C@@H](C)C(=O)O[C@H](CCNC(=O)COCc3ccccc3)[C@@](C)(O)[C@H](O)[C@@H](C)C(=O)[C@H](C)C[C@@]2(C)O)O1. The molecule has 0 radical (unpaired) electrons. The number of nitrogens with one attached hydrogen (secondary N) is 1. The number of carbonyl (C=O) groups is 3. The van der Waals surface area contributed by atoms with E-state index in [2.05, 4.69) is 5.32 Å². The summed E-state index contributed by atoms with van der Waals surface area (Å²) >= 11 is 0. The fraction of sp³-hybridized carbons (Fsp3) is 0.800. The fourth-order valence-corrected chi connectivity index (χ4v) is 9.28. The van der Waals surface area contributed by atoms with E-state index in [1.807, 2.05) is 58.0 Å². The van der Waals surface area contributed by atoms with Crippen LogP contribution in [0.5, 0.6) is 0 Å².